The first-order valence-corrected chi connectivity index (χ1v) is 16.9. The molecule has 17 heteroatoms. The molecule has 3 aromatic rings. The van der Waals surface area contributed by atoms with E-state index in [1.54, 1.807) is 18.7 Å². The average Bonchev–Trinajstić information content (AvgIpc) is 3.61. The van der Waals surface area contributed by atoms with Gasteiger partial charge in [0.05, 0.1) is 59.5 Å². The van der Waals surface area contributed by atoms with Crippen LogP contribution in [0.25, 0.3) is 5.70 Å². The molecule has 53 heavy (non-hydrogen) atoms. The van der Waals surface area contributed by atoms with Crippen molar-refractivity contribution >= 4 is 47.5 Å². The summed E-state index contributed by atoms with van der Waals surface area (Å²) in [6, 6.07) is 8.31. The van der Waals surface area contributed by atoms with Gasteiger partial charge in [-0.3, -0.25) is 14.4 Å². The van der Waals surface area contributed by atoms with Crippen LogP contribution in [0.2, 0.25) is 5.02 Å². The summed E-state index contributed by atoms with van der Waals surface area (Å²) >= 11 is 6.03. The Labute approximate surface area is 309 Å². The zero-order chi connectivity index (χ0) is 38.7. The molecule has 282 valence electrons. The maximum atomic E-state index is 14.3. The van der Waals surface area contributed by atoms with Gasteiger partial charge in [-0.1, -0.05) is 43.3 Å². The van der Waals surface area contributed by atoms with Crippen LogP contribution in [0, 0.1) is 6.92 Å². The third-order valence-corrected chi connectivity index (χ3v) is 8.61. The summed E-state index contributed by atoms with van der Waals surface area (Å²) in [5.41, 5.74) is 3.52. The van der Waals surface area contributed by atoms with Gasteiger partial charge in [-0.25, -0.2) is 15.0 Å². The minimum atomic E-state index is -4.63. The highest BCUT2D eigenvalue weighted by atomic mass is 35.5. The first kappa shape index (κ1) is 40.3. The van der Waals surface area contributed by atoms with Crippen molar-refractivity contribution in [1.82, 2.24) is 30.4 Å². The predicted octanol–water partition coefficient (Wildman–Crippen LogP) is 4.79. The number of nitrogens with zero attached hydrogens (tertiary/aromatic N) is 5. The van der Waals surface area contributed by atoms with Crippen LogP contribution in [0.3, 0.4) is 0 Å². The topological polar surface area (TPSA) is 161 Å². The molecule has 0 atom stereocenters. The van der Waals surface area contributed by atoms with Crippen LogP contribution < -0.4 is 16.0 Å². The number of aliphatic imine (C=N–C) groups is 1. The lowest BCUT2D eigenvalue weighted by Crippen LogP contribution is -2.43. The van der Waals surface area contributed by atoms with Gasteiger partial charge in [0.2, 0.25) is 12.3 Å². The highest BCUT2D eigenvalue weighted by Gasteiger charge is 2.31. The maximum absolute atomic E-state index is 14.3. The van der Waals surface area contributed by atoms with Gasteiger partial charge in [0.1, 0.15) is 12.0 Å². The van der Waals surface area contributed by atoms with Crippen LogP contribution in [0.5, 0.6) is 5.75 Å². The minimum Gasteiger partial charge on any atom is -0.504 e. The van der Waals surface area contributed by atoms with Crippen molar-refractivity contribution in [2.75, 3.05) is 38.5 Å². The number of hydrogen-bond donors (Lipinski definition) is 4. The first-order valence-electron chi connectivity index (χ1n) is 16.5. The molecule has 0 fully saturated rings. The van der Waals surface area contributed by atoms with Crippen LogP contribution in [-0.2, 0) is 44.9 Å². The number of fused-ring (bicyclic) bond motifs is 1. The number of likely N-dealkylation sites (N-methyl/N-ethyl adjacent to an activating group) is 1. The van der Waals surface area contributed by atoms with Gasteiger partial charge in [0.15, 0.2) is 5.75 Å². The summed E-state index contributed by atoms with van der Waals surface area (Å²) in [5, 5.41) is 18.4. The van der Waals surface area contributed by atoms with Crippen molar-refractivity contribution in [3.63, 3.8) is 0 Å². The summed E-state index contributed by atoms with van der Waals surface area (Å²) in [6.07, 6.45) is -0.972. The Bertz CT molecular complexity index is 1900. The number of allylic oxidation sites excluding steroid dienone is 1. The Hall–Kier alpha value is -5.48. The van der Waals surface area contributed by atoms with Crippen LogP contribution in [0.15, 0.2) is 65.7 Å². The van der Waals surface area contributed by atoms with E-state index in [1.807, 2.05) is 18.2 Å². The molecule has 0 spiro atoms. The van der Waals surface area contributed by atoms with E-state index in [0.717, 1.165) is 33.7 Å². The summed E-state index contributed by atoms with van der Waals surface area (Å²) in [5.74, 6) is -1.45. The van der Waals surface area contributed by atoms with E-state index in [-0.39, 0.29) is 54.6 Å². The lowest BCUT2D eigenvalue weighted by Gasteiger charge is -2.30. The number of carbonyl (C=O) groups excluding carboxylic acids is 3. The smallest absolute Gasteiger partial charge is 0.416 e. The Morgan fingerprint density at radius 3 is 2.64 bits per heavy atom. The lowest BCUT2D eigenvalue weighted by molar-refractivity contribution is -0.137. The van der Waals surface area contributed by atoms with Crippen LogP contribution in [-0.4, -0.2) is 82.7 Å². The molecule has 0 saturated heterocycles. The number of carbonyl (C=O) groups is 3. The fraction of sp³-hybridized carbons (Fsp3) is 0.333. The van der Waals surface area contributed by atoms with Gasteiger partial charge < -0.3 is 35.6 Å². The molecule has 1 aromatic heterocycles. The monoisotopic (exact) mass is 756 g/mol. The van der Waals surface area contributed by atoms with Gasteiger partial charge in [-0.2, -0.15) is 13.2 Å². The van der Waals surface area contributed by atoms with Crippen molar-refractivity contribution in [3.8, 4) is 5.75 Å². The number of hydrogen-bond acceptors (Lipinski definition) is 9. The molecule has 4 N–H and O–H groups in total. The molecular formula is C36H40ClF3N8O5. The number of aromatic hydroxyl groups is 1. The molecule has 13 nitrogen and oxygen atoms in total. The third kappa shape index (κ3) is 10.5. The summed E-state index contributed by atoms with van der Waals surface area (Å²) in [6.45, 7) is 8.37. The van der Waals surface area contributed by atoms with Crippen LogP contribution in [0.4, 0.5) is 18.9 Å². The van der Waals surface area contributed by atoms with Crippen molar-refractivity contribution in [2.24, 2.45) is 4.99 Å². The molecule has 3 amide bonds. The summed E-state index contributed by atoms with van der Waals surface area (Å²) < 4.78 is 45.0. The van der Waals surface area contributed by atoms with Gasteiger partial charge in [-0.05, 0) is 42.7 Å². The van der Waals surface area contributed by atoms with Gasteiger partial charge in [-0.15, -0.1) is 0 Å². The molecule has 0 unspecified atom stereocenters. The molecule has 1 aliphatic rings. The molecule has 2 heterocycles. The first-order chi connectivity index (χ1) is 25.2. The second-order valence-electron chi connectivity index (χ2n) is 11.9. The number of nitrogens with one attached hydrogen (secondary N) is 3. The Morgan fingerprint density at radius 1 is 1.17 bits per heavy atom. The second kappa shape index (κ2) is 18.3. The van der Waals surface area contributed by atoms with Crippen molar-refractivity contribution in [1.29, 1.82) is 0 Å². The van der Waals surface area contributed by atoms with E-state index in [0.29, 0.717) is 48.5 Å². The number of alkyl halides is 3. The molecule has 2 aromatic carbocycles. The largest absolute Gasteiger partial charge is 0.504 e. The molecule has 0 bridgehead atoms. The molecular weight excluding hydrogens is 717 g/mol. The Balaban J connectivity index is 1.65. The third-order valence-electron chi connectivity index (χ3n) is 8.30. The average molecular weight is 757 g/mol. The van der Waals surface area contributed by atoms with Crippen LogP contribution >= 0.6 is 11.6 Å². The summed E-state index contributed by atoms with van der Waals surface area (Å²) in [4.78, 5) is 54.2. The van der Waals surface area contributed by atoms with Crippen molar-refractivity contribution in [2.45, 2.75) is 46.1 Å². The fourth-order valence-electron chi connectivity index (χ4n) is 5.50. The molecule has 4 rings (SSSR count). The second-order valence-corrected chi connectivity index (χ2v) is 12.3. The Morgan fingerprint density at radius 2 is 1.94 bits per heavy atom. The molecule has 0 saturated carbocycles. The van der Waals surface area contributed by atoms with Gasteiger partial charge in [0.25, 0.3) is 5.91 Å². The molecule has 0 aliphatic carbocycles. The fourth-order valence-corrected chi connectivity index (χ4v) is 5.73. The number of aryl methyl sites for hydroxylation is 1. The zero-order valence-electron chi connectivity index (χ0n) is 29.4. The van der Waals surface area contributed by atoms with Gasteiger partial charge >= 0.3 is 6.18 Å². The SMILES string of the molecule is C=C(NC=N/C(CC)=C(\C(=O)N(C)CC(=O)Nc1ccc(C(F)(F)F)cc1Cl)N(CCNC=O)CCc1ncnc(C)c1O)c1cccc2c1COC2. The van der Waals surface area contributed by atoms with E-state index in [9.17, 15) is 32.7 Å². The van der Waals surface area contributed by atoms with Gasteiger partial charge in [0, 0.05) is 44.4 Å². The maximum Gasteiger partial charge on any atom is 0.416 e. The standard InChI is InChI=1S/C36H40ClF3N8O5/c1-5-29(44-19-42-22(2)26-8-6-7-24-17-53-18-27(24)26)33(48(14-12-41-21-49)13-11-31-34(51)23(3)43-20-45-31)35(52)47(4)16-32(50)46-30-10-9-25(15-28(30)37)36(38,39)40/h6-10,15,19-21,51H,2,5,11-14,16-18H2,1,3-4H3,(H,41,49)(H,42,44)(H,46,50)/b33-29+. The predicted molar refractivity (Wildman–Crippen MR) is 193 cm³/mol. The number of rotatable bonds is 17. The molecule has 0 radical (unpaired) electrons. The number of ether oxygens (including phenoxy) is 1. The van der Waals surface area contributed by atoms with Crippen LogP contribution in [0.1, 0.15) is 47.0 Å². The number of anilines is 1. The highest BCUT2D eigenvalue weighted by Crippen LogP contribution is 2.34. The normalized spacial score (nSPS) is 12.9. The number of aromatic nitrogens is 2. The number of amides is 3. The minimum absolute atomic E-state index is 0.0661. The lowest BCUT2D eigenvalue weighted by atomic mass is 10.0. The molecule has 1 aliphatic heterocycles. The van der Waals surface area contributed by atoms with E-state index in [1.165, 1.54) is 19.7 Å². The Kier molecular flexibility index (Phi) is 13.9. The van der Waals surface area contributed by atoms with E-state index >= 15 is 0 Å². The van der Waals surface area contributed by atoms with Crippen molar-refractivity contribution in [3.05, 3.63) is 99.4 Å². The van der Waals surface area contributed by atoms with Crippen molar-refractivity contribution < 1.29 is 37.4 Å². The number of halogens is 4. The summed E-state index contributed by atoms with van der Waals surface area (Å²) in [7, 11) is 1.38. The quantitative estimate of drug-likeness (QED) is 0.0499. The van der Waals surface area contributed by atoms with E-state index in [4.69, 9.17) is 16.3 Å². The zero-order valence-corrected chi connectivity index (χ0v) is 30.1. The van der Waals surface area contributed by atoms with E-state index in [2.05, 4.69) is 37.5 Å². The number of benzene rings is 2. The highest BCUT2D eigenvalue weighted by molar-refractivity contribution is 6.33. The van der Waals surface area contributed by atoms with E-state index < -0.39 is 30.1 Å².